The van der Waals surface area contributed by atoms with Crippen molar-refractivity contribution in [3.8, 4) is 0 Å². The number of benzene rings is 4. The Morgan fingerprint density at radius 1 is 0.800 bits per heavy atom. The Hall–Kier alpha value is -4.32. The van der Waals surface area contributed by atoms with E-state index in [1.54, 1.807) is 73.7 Å². The highest BCUT2D eigenvalue weighted by atomic mass is 35.5. The van der Waals surface area contributed by atoms with Gasteiger partial charge in [0.2, 0.25) is 5.91 Å². The highest BCUT2D eigenvalue weighted by molar-refractivity contribution is 8.15. The molecule has 0 unspecified atom stereocenters. The maximum absolute atomic E-state index is 13.7. The number of nitrogens with one attached hydrogen (secondary N) is 2. The Balaban J connectivity index is 1.30. The fourth-order valence-corrected chi connectivity index (χ4v) is 6.16. The Labute approximate surface area is 312 Å². The molecule has 4 aromatic carbocycles. The summed E-state index contributed by atoms with van der Waals surface area (Å²) in [5.74, 6) is -2.08. The molecule has 3 amide bonds. The molecule has 0 aromatic heterocycles. The molecule has 256 valence electrons. The predicted octanol–water partition coefficient (Wildman–Crippen LogP) is 9.30. The Kier molecular flexibility index (Phi) is 11.9. The van der Waals surface area contributed by atoms with E-state index < -0.39 is 29.1 Å². The lowest BCUT2D eigenvalue weighted by Gasteiger charge is -2.20. The van der Waals surface area contributed by atoms with Crippen LogP contribution in [0.25, 0.3) is 6.08 Å². The molecule has 2 N–H and O–H groups in total. The van der Waals surface area contributed by atoms with Crippen molar-refractivity contribution in [2.45, 2.75) is 32.1 Å². The summed E-state index contributed by atoms with van der Waals surface area (Å²) >= 11 is 25.6. The first-order chi connectivity index (χ1) is 23.8. The number of anilines is 3. The monoisotopic (exact) mass is 768 g/mol. The molecule has 0 saturated carbocycles. The number of carbonyl (C=O) groups is 4. The van der Waals surface area contributed by atoms with E-state index in [1.165, 1.54) is 24.0 Å². The number of aliphatic imine (C=N–C) groups is 1. The van der Waals surface area contributed by atoms with Crippen molar-refractivity contribution in [2.24, 2.45) is 4.99 Å². The second-order valence-electron chi connectivity index (χ2n) is 11.0. The van der Waals surface area contributed by atoms with Gasteiger partial charge in [-0.05, 0) is 80.9 Å². The molecule has 0 aliphatic carbocycles. The zero-order chi connectivity index (χ0) is 36.1. The number of rotatable bonds is 9. The van der Waals surface area contributed by atoms with Gasteiger partial charge in [0.25, 0.3) is 11.8 Å². The van der Waals surface area contributed by atoms with Crippen LogP contribution >= 0.6 is 58.2 Å². The van der Waals surface area contributed by atoms with Crippen LogP contribution in [0.2, 0.25) is 20.1 Å². The molecular formula is C36H28Cl4N4O5S. The van der Waals surface area contributed by atoms with Gasteiger partial charge in [0.1, 0.15) is 5.70 Å². The van der Waals surface area contributed by atoms with Crippen LogP contribution in [0, 0.1) is 6.92 Å². The molecule has 2 atom stereocenters. The molecule has 0 bridgehead atoms. The van der Waals surface area contributed by atoms with E-state index in [0.717, 1.165) is 17.3 Å². The number of carbonyl (C=O) groups excluding carboxylic acids is 4. The molecule has 50 heavy (non-hydrogen) atoms. The average molecular weight is 771 g/mol. The summed E-state index contributed by atoms with van der Waals surface area (Å²) < 4.78 is 5.35. The van der Waals surface area contributed by atoms with Crippen molar-refractivity contribution >= 4 is 110 Å². The Bertz CT molecular complexity index is 2040. The lowest BCUT2D eigenvalue weighted by molar-refractivity contribution is -0.123. The molecule has 0 spiro atoms. The van der Waals surface area contributed by atoms with Crippen molar-refractivity contribution < 1.29 is 23.9 Å². The summed E-state index contributed by atoms with van der Waals surface area (Å²) in [5, 5.41) is 5.95. The molecule has 1 aliphatic rings. The number of halogens is 4. The molecule has 14 heteroatoms. The lowest BCUT2D eigenvalue weighted by Crippen LogP contribution is -2.33. The van der Waals surface area contributed by atoms with Gasteiger partial charge < -0.3 is 15.4 Å². The molecule has 0 fully saturated rings. The third-order valence-electron chi connectivity index (χ3n) is 7.29. The van der Waals surface area contributed by atoms with E-state index in [1.807, 2.05) is 19.1 Å². The van der Waals surface area contributed by atoms with E-state index in [-0.39, 0.29) is 37.9 Å². The summed E-state index contributed by atoms with van der Waals surface area (Å²) in [5.41, 5.74) is 3.12. The fourth-order valence-electron chi connectivity index (χ4n) is 4.53. The number of esters is 1. The van der Waals surface area contributed by atoms with Crippen LogP contribution in [-0.4, -0.2) is 40.2 Å². The van der Waals surface area contributed by atoms with Crippen LogP contribution in [0.15, 0.2) is 95.6 Å². The number of nitrogens with zero attached hydrogens (tertiary/aromatic N) is 2. The second-order valence-corrected chi connectivity index (χ2v) is 13.9. The number of amides is 3. The average Bonchev–Trinajstić information content (AvgIpc) is 3.39. The van der Waals surface area contributed by atoms with E-state index >= 15 is 0 Å². The van der Waals surface area contributed by atoms with E-state index in [4.69, 9.17) is 51.1 Å². The van der Waals surface area contributed by atoms with Crippen LogP contribution in [-0.2, 0) is 19.1 Å². The zero-order valence-corrected chi connectivity index (χ0v) is 30.5. The van der Waals surface area contributed by atoms with E-state index in [2.05, 4.69) is 15.6 Å². The van der Waals surface area contributed by atoms with Crippen LogP contribution in [0.1, 0.15) is 35.3 Å². The number of amidine groups is 1. The number of hydrogen-bond donors (Lipinski definition) is 2. The number of ether oxygens (including phenoxy) is 1. The predicted molar refractivity (Wildman–Crippen MR) is 203 cm³/mol. The van der Waals surface area contributed by atoms with Gasteiger partial charge in [0, 0.05) is 0 Å². The smallest absolute Gasteiger partial charge is 0.338 e. The topological polar surface area (TPSA) is 117 Å². The van der Waals surface area contributed by atoms with Crippen molar-refractivity contribution in [3.05, 3.63) is 127 Å². The number of thioether (sulfide) groups is 1. The molecular weight excluding hydrogens is 742 g/mol. The standard InChI is InChI=1S/C36H28Cl4N4O5S/c1-19-10-16-24(17-11-19)44-34(47)29(43-36(44)50-21(3)33(46)42-28-9-5-7-26(38)31(28)40)18-22-12-14-23(15-13-22)35(48)49-20(2)32(45)41-27-8-4-6-25(37)30(27)39/h4-18,20-21H,1-3H3,(H,41,45)(H,42,46)/b29-18+/t20-,21+/m0/s1. The van der Waals surface area contributed by atoms with Crippen LogP contribution in [0.3, 0.4) is 0 Å². The van der Waals surface area contributed by atoms with Crippen LogP contribution in [0.4, 0.5) is 17.1 Å². The fraction of sp³-hybridized carbons (Fsp3) is 0.139. The molecule has 1 heterocycles. The molecule has 4 aromatic rings. The van der Waals surface area contributed by atoms with Crippen LogP contribution in [0.5, 0.6) is 0 Å². The zero-order valence-electron chi connectivity index (χ0n) is 26.7. The van der Waals surface area contributed by atoms with E-state index in [9.17, 15) is 19.2 Å². The first-order valence-electron chi connectivity index (χ1n) is 15.0. The molecule has 0 saturated heterocycles. The summed E-state index contributed by atoms with van der Waals surface area (Å²) in [7, 11) is 0. The normalized spacial score (nSPS) is 14.6. The SMILES string of the molecule is Cc1ccc(N2C(=O)/C(=C\c3ccc(C(=O)O[C@@H](C)C(=O)Nc4cccc(Cl)c4Cl)cc3)N=C2S[C@H](C)C(=O)Nc2cccc(Cl)c2Cl)cc1. The maximum atomic E-state index is 13.7. The first kappa shape index (κ1) is 36.9. The van der Waals surface area contributed by atoms with Gasteiger partial charge in [0.15, 0.2) is 11.3 Å². The molecule has 1 aliphatic heterocycles. The van der Waals surface area contributed by atoms with E-state index in [0.29, 0.717) is 27.1 Å². The lowest BCUT2D eigenvalue weighted by atomic mass is 10.1. The molecule has 9 nitrogen and oxygen atoms in total. The summed E-state index contributed by atoms with van der Waals surface area (Å²) in [6.07, 6.45) is 0.438. The number of aryl methyl sites for hydroxylation is 1. The van der Waals surface area contributed by atoms with Gasteiger partial charge >= 0.3 is 5.97 Å². The number of hydrogen-bond acceptors (Lipinski definition) is 7. The van der Waals surface area contributed by atoms with Crippen LogP contribution < -0.4 is 15.5 Å². The van der Waals surface area contributed by atoms with Gasteiger partial charge in [-0.2, -0.15) is 0 Å². The third kappa shape index (κ3) is 8.69. The summed E-state index contributed by atoms with van der Waals surface area (Å²) in [6.45, 7) is 5.06. The summed E-state index contributed by atoms with van der Waals surface area (Å²) in [6, 6.07) is 23.3. The van der Waals surface area contributed by atoms with Gasteiger partial charge in [-0.3, -0.25) is 19.3 Å². The maximum Gasteiger partial charge on any atom is 0.338 e. The van der Waals surface area contributed by atoms with Gasteiger partial charge in [-0.25, -0.2) is 9.79 Å². The molecule has 0 radical (unpaired) electrons. The highest BCUT2D eigenvalue weighted by Gasteiger charge is 2.34. The minimum absolute atomic E-state index is 0.124. The third-order valence-corrected chi connectivity index (χ3v) is 9.99. The minimum Gasteiger partial charge on any atom is -0.449 e. The largest absolute Gasteiger partial charge is 0.449 e. The minimum atomic E-state index is -1.14. The van der Waals surface area contributed by atoms with Crippen molar-refractivity contribution in [2.75, 3.05) is 15.5 Å². The van der Waals surface area contributed by atoms with Gasteiger partial charge in [-0.1, -0.05) is 100 Å². The summed E-state index contributed by atoms with van der Waals surface area (Å²) in [4.78, 5) is 58.4. The quantitative estimate of drug-likeness (QED) is 0.130. The Morgan fingerprint density at radius 2 is 1.36 bits per heavy atom. The highest BCUT2D eigenvalue weighted by Crippen LogP contribution is 2.34. The van der Waals surface area contributed by atoms with Crippen molar-refractivity contribution in [1.29, 1.82) is 0 Å². The first-order valence-corrected chi connectivity index (χ1v) is 17.4. The van der Waals surface area contributed by atoms with Gasteiger partial charge in [-0.15, -0.1) is 0 Å². The second kappa shape index (κ2) is 16.1. The Morgan fingerprint density at radius 3 is 1.94 bits per heavy atom. The van der Waals surface area contributed by atoms with Gasteiger partial charge in [0.05, 0.1) is 48.0 Å². The molecule has 5 rings (SSSR count). The van der Waals surface area contributed by atoms with Crippen molar-refractivity contribution in [1.82, 2.24) is 0 Å². The van der Waals surface area contributed by atoms with Crippen molar-refractivity contribution in [3.63, 3.8) is 0 Å².